The van der Waals surface area contributed by atoms with Crippen LogP contribution < -0.4 is 0 Å². The summed E-state index contributed by atoms with van der Waals surface area (Å²) in [5, 5.41) is 0. The fourth-order valence-electron chi connectivity index (χ4n) is 1.82. The highest BCUT2D eigenvalue weighted by Gasteiger charge is 2.42. The van der Waals surface area contributed by atoms with Gasteiger partial charge in [0.25, 0.3) is 0 Å². The van der Waals surface area contributed by atoms with Crippen molar-refractivity contribution >= 4 is 0 Å². The summed E-state index contributed by atoms with van der Waals surface area (Å²) in [7, 11) is 4.99. The van der Waals surface area contributed by atoms with Gasteiger partial charge in [-0.05, 0) is 6.92 Å². The molecule has 0 radical (unpaired) electrons. The van der Waals surface area contributed by atoms with E-state index in [-0.39, 0.29) is 24.4 Å². The van der Waals surface area contributed by atoms with E-state index in [4.69, 9.17) is 18.9 Å². The summed E-state index contributed by atoms with van der Waals surface area (Å²) in [6, 6.07) is 0. The average molecular weight is 190 g/mol. The molecule has 1 aliphatic rings. The van der Waals surface area contributed by atoms with E-state index in [9.17, 15) is 0 Å². The molecule has 4 heteroatoms. The molecule has 0 amide bonds. The van der Waals surface area contributed by atoms with Gasteiger partial charge in [0.15, 0.2) is 0 Å². The minimum absolute atomic E-state index is 0.00477. The van der Waals surface area contributed by atoms with E-state index >= 15 is 0 Å². The maximum Gasteiger partial charge on any atom is 0.114 e. The minimum Gasteiger partial charge on any atom is -0.382 e. The second-order valence-corrected chi connectivity index (χ2v) is 3.24. The van der Waals surface area contributed by atoms with Gasteiger partial charge in [0.05, 0.1) is 12.7 Å². The van der Waals surface area contributed by atoms with Gasteiger partial charge in [-0.25, -0.2) is 0 Å². The van der Waals surface area contributed by atoms with Gasteiger partial charge in [-0.2, -0.15) is 0 Å². The summed E-state index contributed by atoms with van der Waals surface area (Å²) in [5.74, 6) is 0. The van der Waals surface area contributed by atoms with Gasteiger partial charge in [-0.3, -0.25) is 0 Å². The molecule has 4 nitrogen and oxygen atoms in total. The molecule has 1 rings (SSSR count). The predicted molar refractivity (Wildman–Crippen MR) is 47.8 cm³/mol. The van der Waals surface area contributed by atoms with Crippen LogP contribution in [0, 0.1) is 0 Å². The molecular weight excluding hydrogens is 172 g/mol. The molecule has 0 aromatic rings. The highest BCUT2D eigenvalue weighted by molar-refractivity contribution is 4.90. The Hall–Kier alpha value is -0.160. The molecule has 1 heterocycles. The molecule has 0 N–H and O–H groups in total. The van der Waals surface area contributed by atoms with Crippen LogP contribution in [-0.2, 0) is 18.9 Å². The molecule has 0 aromatic carbocycles. The maximum absolute atomic E-state index is 5.63. The molecular formula is C9H18O4. The Labute approximate surface area is 79.1 Å². The van der Waals surface area contributed by atoms with E-state index in [1.165, 1.54) is 0 Å². The van der Waals surface area contributed by atoms with Crippen LogP contribution in [0.1, 0.15) is 6.92 Å². The first kappa shape index (κ1) is 10.9. The molecule has 0 spiro atoms. The standard InChI is InChI=1S/C9H18O4/c1-6-8(11-3)9(12-4)7(13-6)5-10-2/h6-9H,5H2,1-4H3/t6-,7+,8-,9+/m0/s1. The van der Waals surface area contributed by atoms with Crippen molar-refractivity contribution in [1.29, 1.82) is 0 Å². The zero-order valence-corrected chi connectivity index (χ0v) is 8.65. The number of methoxy groups -OCH3 is 3. The topological polar surface area (TPSA) is 36.9 Å². The van der Waals surface area contributed by atoms with Crippen molar-refractivity contribution in [3.05, 3.63) is 0 Å². The second-order valence-electron chi connectivity index (χ2n) is 3.24. The Morgan fingerprint density at radius 2 is 1.69 bits per heavy atom. The molecule has 0 bridgehead atoms. The van der Waals surface area contributed by atoms with Gasteiger partial charge < -0.3 is 18.9 Å². The first-order valence-electron chi connectivity index (χ1n) is 4.44. The number of rotatable bonds is 4. The van der Waals surface area contributed by atoms with Crippen LogP contribution in [0.25, 0.3) is 0 Å². The highest BCUT2D eigenvalue weighted by atomic mass is 16.6. The first-order valence-corrected chi connectivity index (χ1v) is 4.44. The summed E-state index contributed by atoms with van der Waals surface area (Å²) in [6.45, 7) is 2.53. The molecule has 13 heavy (non-hydrogen) atoms. The smallest absolute Gasteiger partial charge is 0.114 e. The summed E-state index contributed by atoms with van der Waals surface area (Å²) < 4.78 is 21.3. The molecule has 1 aliphatic heterocycles. The lowest BCUT2D eigenvalue weighted by Crippen LogP contribution is -2.37. The largest absolute Gasteiger partial charge is 0.382 e. The van der Waals surface area contributed by atoms with Crippen molar-refractivity contribution in [1.82, 2.24) is 0 Å². The number of hydrogen-bond acceptors (Lipinski definition) is 4. The Kier molecular flexibility index (Phi) is 4.12. The lowest BCUT2D eigenvalue weighted by atomic mass is 10.1. The van der Waals surface area contributed by atoms with Crippen LogP contribution in [-0.4, -0.2) is 52.4 Å². The summed E-state index contributed by atoms with van der Waals surface area (Å²) in [5.41, 5.74) is 0. The molecule has 78 valence electrons. The lowest BCUT2D eigenvalue weighted by Gasteiger charge is -2.20. The van der Waals surface area contributed by atoms with Crippen LogP contribution in [0.2, 0.25) is 0 Å². The first-order chi connectivity index (χ1) is 6.24. The molecule has 0 saturated carbocycles. The normalized spacial score (nSPS) is 39.7. The maximum atomic E-state index is 5.63. The van der Waals surface area contributed by atoms with Crippen LogP contribution in [0.5, 0.6) is 0 Å². The van der Waals surface area contributed by atoms with Gasteiger partial charge in [0.1, 0.15) is 18.3 Å². The molecule has 0 aliphatic carbocycles. The van der Waals surface area contributed by atoms with Crippen LogP contribution in [0.3, 0.4) is 0 Å². The van der Waals surface area contributed by atoms with Crippen molar-refractivity contribution < 1.29 is 18.9 Å². The summed E-state index contributed by atoms with van der Waals surface area (Å²) in [6.07, 6.45) is 0.0233. The van der Waals surface area contributed by atoms with Crippen LogP contribution in [0.15, 0.2) is 0 Å². The third kappa shape index (κ3) is 2.20. The van der Waals surface area contributed by atoms with Crippen molar-refractivity contribution in [3.8, 4) is 0 Å². The van der Waals surface area contributed by atoms with Gasteiger partial charge >= 0.3 is 0 Å². The van der Waals surface area contributed by atoms with Gasteiger partial charge in [0.2, 0.25) is 0 Å². The van der Waals surface area contributed by atoms with E-state index in [2.05, 4.69) is 0 Å². The third-order valence-corrected chi connectivity index (χ3v) is 2.42. The van der Waals surface area contributed by atoms with Crippen molar-refractivity contribution in [2.45, 2.75) is 31.3 Å². The molecule has 1 fully saturated rings. The Balaban J connectivity index is 2.57. The van der Waals surface area contributed by atoms with E-state index in [0.717, 1.165) is 0 Å². The zero-order chi connectivity index (χ0) is 9.84. The van der Waals surface area contributed by atoms with Gasteiger partial charge in [0, 0.05) is 21.3 Å². The van der Waals surface area contributed by atoms with Gasteiger partial charge in [-0.1, -0.05) is 0 Å². The SMILES string of the molecule is COC[C@H]1O[C@@H](C)[C@H](OC)[C@@H]1OC. The fraction of sp³-hybridized carbons (Fsp3) is 1.00. The Morgan fingerprint density at radius 1 is 1.08 bits per heavy atom. The highest BCUT2D eigenvalue weighted by Crippen LogP contribution is 2.25. The zero-order valence-electron chi connectivity index (χ0n) is 8.65. The van der Waals surface area contributed by atoms with E-state index in [1.807, 2.05) is 6.92 Å². The quantitative estimate of drug-likeness (QED) is 0.645. The van der Waals surface area contributed by atoms with Crippen LogP contribution in [0.4, 0.5) is 0 Å². The summed E-state index contributed by atoms with van der Waals surface area (Å²) >= 11 is 0. The molecule has 0 aromatic heterocycles. The van der Waals surface area contributed by atoms with E-state index in [1.54, 1.807) is 21.3 Å². The number of hydrogen-bond donors (Lipinski definition) is 0. The predicted octanol–water partition coefficient (Wildman–Crippen LogP) is 0.450. The van der Waals surface area contributed by atoms with E-state index < -0.39 is 0 Å². The lowest BCUT2D eigenvalue weighted by molar-refractivity contribution is -0.0471. The Morgan fingerprint density at radius 3 is 2.15 bits per heavy atom. The van der Waals surface area contributed by atoms with Crippen molar-refractivity contribution in [3.63, 3.8) is 0 Å². The van der Waals surface area contributed by atoms with Crippen molar-refractivity contribution in [2.75, 3.05) is 27.9 Å². The summed E-state index contributed by atoms with van der Waals surface area (Å²) in [4.78, 5) is 0. The molecule has 1 saturated heterocycles. The second kappa shape index (κ2) is 4.91. The molecule has 4 atom stereocenters. The number of ether oxygens (including phenoxy) is 4. The van der Waals surface area contributed by atoms with Gasteiger partial charge in [-0.15, -0.1) is 0 Å². The third-order valence-electron chi connectivity index (χ3n) is 2.42. The molecule has 0 unspecified atom stereocenters. The Bertz CT molecular complexity index is 151. The monoisotopic (exact) mass is 190 g/mol. The minimum atomic E-state index is -0.0278. The average Bonchev–Trinajstić information content (AvgIpc) is 2.41. The fourth-order valence-corrected chi connectivity index (χ4v) is 1.82. The van der Waals surface area contributed by atoms with Crippen LogP contribution >= 0.6 is 0 Å². The van der Waals surface area contributed by atoms with E-state index in [0.29, 0.717) is 6.61 Å². The van der Waals surface area contributed by atoms with Crippen molar-refractivity contribution in [2.24, 2.45) is 0 Å².